The molecular weight excluding hydrogens is 288 g/mol. The van der Waals surface area contributed by atoms with Crippen molar-refractivity contribution in [3.8, 4) is 0 Å². The van der Waals surface area contributed by atoms with Gasteiger partial charge in [0.05, 0.1) is 0 Å². The van der Waals surface area contributed by atoms with E-state index in [0.29, 0.717) is 0 Å². The van der Waals surface area contributed by atoms with Crippen LogP contribution < -0.4 is 0 Å². The Labute approximate surface area is 116 Å². The minimum atomic E-state index is 0.0703. The molecule has 0 radical (unpaired) electrons. The van der Waals surface area contributed by atoms with E-state index >= 15 is 0 Å². The van der Waals surface area contributed by atoms with Crippen LogP contribution in [-0.2, 0) is 6.42 Å². The number of aryl methyl sites for hydroxylation is 2. The van der Waals surface area contributed by atoms with Gasteiger partial charge in [0.25, 0.3) is 0 Å². The molecule has 1 nitrogen and oxygen atoms in total. The summed E-state index contributed by atoms with van der Waals surface area (Å²) in [6, 6.07) is 13.7. The van der Waals surface area contributed by atoms with Gasteiger partial charge in [0.15, 0.2) is 5.78 Å². The zero-order chi connectivity index (χ0) is 13.1. The summed E-state index contributed by atoms with van der Waals surface area (Å²) < 4.78 is 0.847. The van der Waals surface area contributed by atoms with Gasteiger partial charge in [-0.15, -0.1) is 0 Å². The number of halogens is 1. The van der Waals surface area contributed by atoms with E-state index in [4.69, 9.17) is 0 Å². The zero-order valence-electron chi connectivity index (χ0n) is 10.5. The Morgan fingerprint density at radius 1 is 1.17 bits per heavy atom. The molecule has 0 unspecified atom stereocenters. The first-order valence-corrected chi connectivity index (χ1v) is 6.81. The minimum Gasteiger partial charge on any atom is -0.289 e. The third kappa shape index (κ3) is 2.70. The summed E-state index contributed by atoms with van der Waals surface area (Å²) in [5.41, 5.74) is 3.75. The van der Waals surface area contributed by atoms with E-state index in [0.717, 1.165) is 27.6 Å². The molecule has 0 atom stereocenters. The van der Waals surface area contributed by atoms with Gasteiger partial charge < -0.3 is 0 Å². The van der Waals surface area contributed by atoms with Gasteiger partial charge in [-0.3, -0.25) is 4.79 Å². The maximum Gasteiger partial charge on any atom is 0.194 e. The van der Waals surface area contributed by atoms with Crippen LogP contribution in [0.15, 0.2) is 46.9 Å². The van der Waals surface area contributed by atoms with E-state index in [1.54, 1.807) is 0 Å². The number of hydrogen-bond acceptors (Lipinski definition) is 1. The molecule has 0 aromatic heterocycles. The molecule has 0 saturated heterocycles. The lowest BCUT2D eigenvalue weighted by Gasteiger charge is -2.06. The number of benzene rings is 2. The van der Waals surface area contributed by atoms with Crippen molar-refractivity contribution in [3.05, 3.63) is 69.2 Å². The van der Waals surface area contributed by atoms with Crippen molar-refractivity contribution < 1.29 is 4.79 Å². The molecule has 2 heteroatoms. The van der Waals surface area contributed by atoms with E-state index in [1.807, 2.05) is 49.4 Å². The van der Waals surface area contributed by atoms with Crippen LogP contribution in [0.3, 0.4) is 0 Å². The molecule has 0 N–H and O–H groups in total. The average Bonchev–Trinajstić information content (AvgIpc) is 2.41. The van der Waals surface area contributed by atoms with Crippen molar-refractivity contribution in [3.63, 3.8) is 0 Å². The topological polar surface area (TPSA) is 17.1 Å². The second-order valence-corrected chi connectivity index (χ2v) is 5.22. The fourth-order valence-electron chi connectivity index (χ4n) is 1.90. The second-order valence-electron chi connectivity index (χ2n) is 4.37. The van der Waals surface area contributed by atoms with Crippen LogP contribution in [0.2, 0.25) is 0 Å². The summed E-state index contributed by atoms with van der Waals surface area (Å²) in [6.07, 6.45) is 0.941. The molecule has 0 saturated carbocycles. The lowest BCUT2D eigenvalue weighted by Crippen LogP contribution is -2.03. The lowest BCUT2D eigenvalue weighted by atomic mass is 9.99. The molecule has 0 bridgehead atoms. The van der Waals surface area contributed by atoms with Gasteiger partial charge in [-0.05, 0) is 37.1 Å². The molecule has 0 aliphatic carbocycles. The number of ketones is 1. The van der Waals surface area contributed by atoms with Gasteiger partial charge >= 0.3 is 0 Å². The van der Waals surface area contributed by atoms with E-state index in [2.05, 4.69) is 22.9 Å². The molecule has 0 amide bonds. The molecule has 0 aliphatic rings. The molecule has 2 aromatic rings. The maximum absolute atomic E-state index is 12.5. The first-order valence-electron chi connectivity index (χ1n) is 6.01. The van der Waals surface area contributed by atoms with Crippen LogP contribution in [-0.4, -0.2) is 5.78 Å². The third-order valence-corrected chi connectivity index (χ3v) is 3.66. The number of carbonyl (C=O) groups excluding carboxylic acids is 1. The Balaban J connectivity index is 2.44. The van der Waals surface area contributed by atoms with Crippen molar-refractivity contribution in [1.29, 1.82) is 0 Å². The molecule has 0 fully saturated rings. The highest BCUT2D eigenvalue weighted by Crippen LogP contribution is 2.22. The third-order valence-electron chi connectivity index (χ3n) is 2.96. The monoisotopic (exact) mass is 302 g/mol. The Hall–Kier alpha value is -1.41. The van der Waals surface area contributed by atoms with Crippen LogP contribution >= 0.6 is 15.9 Å². The predicted octanol–water partition coefficient (Wildman–Crippen LogP) is 4.55. The maximum atomic E-state index is 12.5. The zero-order valence-corrected chi connectivity index (χ0v) is 12.1. The van der Waals surface area contributed by atoms with Crippen molar-refractivity contribution >= 4 is 21.7 Å². The van der Waals surface area contributed by atoms with Crippen molar-refractivity contribution in [2.45, 2.75) is 20.3 Å². The molecular formula is C16H15BrO. The molecule has 0 spiro atoms. The van der Waals surface area contributed by atoms with Crippen LogP contribution in [0.25, 0.3) is 0 Å². The summed E-state index contributed by atoms with van der Waals surface area (Å²) in [6.45, 7) is 4.08. The average molecular weight is 303 g/mol. The number of rotatable bonds is 3. The Kier molecular flexibility index (Phi) is 3.97. The predicted molar refractivity (Wildman–Crippen MR) is 78.1 cm³/mol. The Morgan fingerprint density at radius 2 is 1.94 bits per heavy atom. The van der Waals surface area contributed by atoms with E-state index in [-0.39, 0.29) is 5.78 Å². The molecule has 2 rings (SSSR count). The fourth-order valence-corrected chi connectivity index (χ4v) is 2.33. The summed E-state index contributed by atoms with van der Waals surface area (Å²) in [4.78, 5) is 12.5. The van der Waals surface area contributed by atoms with E-state index in [9.17, 15) is 4.79 Å². The molecule has 92 valence electrons. The molecule has 0 aliphatic heterocycles. The van der Waals surface area contributed by atoms with Gasteiger partial charge in [0.2, 0.25) is 0 Å². The standard InChI is InChI=1S/C16H15BrO/c1-3-12-5-4-6-13(10-12)16(18)14-9-11(2)7-8-15(14)17/h4-10H,3H2,1-2H3. The Bertz CT molecular complexity index is 587. The SMILES string of the molecule is CCc1cccc(C(=O)c2cc(C)ccc2Br)c1. The second kappa shape index (κ2) is 5.49. The highest BCUT2D eigenvalue weighted by atomic mass is 79.9. The smallest absolute Gasteiger partial charge is 0.194 e. The first-order chi connectivity index (χ1) is 8.61. The van der Waals surface area contributed by atoms with Crippen LogP contribution in [0.1, 0.15) is 34.0 Å². The molecule has 0 heterocycles. The quantitative estimate of drug-likeness (QED) is 0.760. The van der Waals surface area contributed by atoms with Gasteiger partial charge in [-0.25, -0.2) is 0 Å². The lowest BCUT2D eigenvalue weighted by molar-refractivity contribution is 0.103. The Morgan fingerprint density at radius 3 is 2.67 bits per heavy atom. The largest absolute Gasteiger partial charge is 0.289 e. The first kappa shape index (κ1) is 13.0. The molecule has 2 aromatic carbocycles. The number of hydrogen-bond donors (Lipinski definition) is 0. The van der Waals surface area contributed by atoms with Crippen LogP contribution in [0.5, 0.6) is 0 Å². The van der Waals surface area contributed by atoms with Gasteiger partial charge in [-0.2, -0.15) is 0 Å². The van der Waals surface area contributed by atoms with E-state index < -0.39 is 0 Å². The van der Waals surface area contributed by atoms with Gasteiger partial charge in [0, 0.05) is 15.6 Å². The summed E-state index contributed by atoms with van der Waals surface area (Å²) in [5, 5.41) is 0. The van der Waals surface area contributed by atoms with Crippen molar-refractivity contribution in [2.24, 2.45) is 0 Å². The highest BCUT2D eigenvalue weighted by molar-refractivity contribution is 9.10. The number of carbonyl (C=O) groups is 1. The highest BCUT2D eigenvalue weighted by Gasteiger charge is 2.12. The fraction of sp³-hybridized carbons (Fsp3) is 0.188. The van der Waals surface area contributed by atoms with Crippen LogP contribution in [0.4, 0.5) is 0 Å². The van der Waals surface area contributed by atoms with Gasteiger partial charge in [0.1, 0.15) is 0 Å². The normalized spacial score (nSPS) is 10.4. The minimum absolute atomic E-state index is 0.0703. The van der Waals surface area contributed by atoms with E-state index in [1.165, 1.54) is 5.56 Å². The summed E-state index contributed by atoms with van der Waals surface area (Å²) in [5.74, 6) is 0.0703. The van der Waals surface area contributed by atoms with Crippen molar-refractivity contribution in [1.82, 2.24) is 0 Å². The van der Waals surface area contributed by atoms with Crippen LogP contribution in [0, 0.1) is 6.92 Å². The van der Waals surface area contributed by atoms with Gasteiger partial charge in [-0.1, -0.05) is 52.7 Å². The molecule has 18 heavy (non-hydrogen) atoms. The van der Waals surface area contributed by atoms with Crippen molar-refractivity contribution in [2.75, 3.05) is 0 Å². The summed E-state index contributed by atoms with van der Waals surface area (Å²) in [7, 11) is 0. The summed E-state index contributed by atoms with van der Waals surface area (Å²) >= 11 is 3.44.